The Morgan fingerprint density at radius 2 is 1.78 bits per heavy atom. The lowest BCUT2D eigenvalue weighted by Crippen LogP contribution is -2.18. The molecule has 2 aromatic carbocycles. The molecule has 1 atom stereocenters. The third kappa shape index (κ3) is 3.47. The van der Waals surface area contributed by atoms with Crippen molar-refractivity contribution < 1.29 is 4.39 Å². The highest BCUT2D eigenvalue weighted by atomic mass is 35.5. The van der Waals surface area contributed by atoms with E-state index in [4.69, 9.17) is 11.6 Å². The predicted molar refractivity (Wildman–Crippen MR) is 74.6 cm³/mol. The fourth-order valence-corrected chi connectivity index (χ4v) is 2.00. The van der Waals surface area contributed by atoms with Crippen LogP contribution in [0.15, 0.2) is 48.5 Å². The molecule has 94 valence electrons. The SMILES string of the molecule is CC(Cc1ccccc1F)Nc1ccc(Cl)cc1. The standard InChI is InChI=1S/C15H15ClFN/c1-11(10-12-4-2-3-5-15(12)17)18-14-8-6-13(16)7-9-14/h2-9,11,18H,10H2,1H3. The minimum Gasteiger partial charge on any atom is -0.382 e. The lowest BCUT2D eigenvalue weighted by atomic mass is 10.1. The van der Waals surface area contributed by atoms with E-state index in [1.807, 2.05) is 43.3 Å². The Morgan fingerprint density at radius 1 is 1.11 bits per heavy atom. The van der Waals surface area contributed by atoms with Crippen LogP contribution in [-0.2, 0) is 6.42 Å². The van der Waals surface area contributed by atoms with Gasteiger partial charge in [0.25, 0.3) is 0 Å². The number of benzene rings is 2. The van der Waals surface area contributed by atoms with Gasteiger partial charge in [0.15, 0.2) is 0 Å². The van der Waals surface area contributed by atoms with Gasteiger partial charge in [-0.25, -0.2) is 4.39 Å². The van der Waals surface area contributed by atoms with Crippen LogP contribution >= 0.6 is 11.6 Å². The molecule has 1 N–H and O–H groups in total. The summed E-state index contributed by atoms with van der Waals surface area (Å²) in [6, 6.07) is 14.5. The van der Waals surface area contributed by atoms with Crippen molar-refractivity contribution in [2.24, 2.45) is 0 Å². The highest BCUT2D eigenvalue weighted by Gasteiger charge is 2.07. The Labute approximate surface area is 112 Å². The van der Waals surface area contributed by atoms with E-state index in [0.29, 0.717) is 11.4 Å². The first-order chi connectivity index (χ1) is 8.65. The zero-order valence-corrected chi connectivity index (χ0v) is 10.9. The van der Waals surface area contributed by atoms with Gasteiger partial charge in [0.2, 0.25) is 0 Å². The van der Waals surface area contributed by atoms with Gasteiger partial charge in [0.05, 0.1) is 0 Å². The van der Waals surface area contributed by atoms with Crippen molar-refractivity contribution in [1.82, 2.24) is 0 Å². The van der Waals surface area contributed by atoms with Crippen LogP contribution in [0, 0.1) is 5.82 Å². The van der Waals surface area contributed by atoms with Gasteiger partial charge >= 0.3 is 0 Å². The Bertz CT molecular complexity index is 510. The topological polar surface area (TPSA) is 12.0 Å². The molecular weight excluding hydrogens is 249 g/mol. The van der Waals surface area contributed by atoms with Gasteiger partial charge < -0.3 is 5.32 Å². The van der Waals surface area contributed by atoms with Crippen molar-refractivity contribution in [3.05, 3.63) is 64.9 Å². The molecule has 0 spiro atoms. The second-order valence-corrected chi connectivity index (χ2v) is 4.78. The van der Waals surface area contributed by atoms with Crippen molar-refractivity contribution in [2.75, 3.05) is 5.32 Å². The molecule has 2 aromatic rings. The summed E-state index contributed by atoms with van der Waals surface area (Å²) in [5, 5.41) is 4.03. The molecule has 1 nitrogen and oxygen atoms in total. The Kier molecular flexibility index (Phi) is 4.21. The van der Waals surface area contributed by atoms with Crippen molar-refractivity contribution in [3.8, 4) is 0 Å². The quantitative estimate of drug-likeness (QED) is 0.855. The van der Waals surface area contributed by atoms with Crippen LogP contribution < -0.4 is 5.32 Å². The number of halogens is 2. The molecule has 0 bridgehead atoms. The summed E-state index contributed by atoms with van der Waals surface area (Å²) in [7, 11) is 0. The number of nitrogens with one attached hydrogen (secondary N) is 1. The van der Waals surface area contributed by atoms with E-state index in [9.17, 15) is 4.39 Å². The monoisotopic (exact) mass is 263 g/mol. The maximum absolute atomic E-state index is 13.5. The largest absolute Gasteiger partial charge is 0.382 e. The lowest BCUT2D eigenvalue weighted by molar-refractivity contribution is 0.601. The molecule has 0 amide bonds. The van der Waals surface area contributed by atoms with Crippen LogP contribution in [0.25, 0.3) is 0 Å². The van der Waals surface area contributed by atoms with Crippen LogP contribution in [0.2, 0.25) is 5.02 Å². The molecule has 0 aliphatic rings. The predicted octanol–water partition coefficient (Wildman–Crippen LogP) is 4.52. The van der Waals surface area contributed by atoms with E-state index in [0.717, 1.165) is 11.3 Å². The molecule has 0 aliphatic heterocycles. The Balaban J connectivity index is 1.99. The lowest BCUT2D eigenvalue weighted by Gasteiger charge is -2.15. The van der Waals surface area contributed by atoms with E-state index >= 15 is 0 Å². The third-order valence-corrected chi connectivity index (χ3v) is 2.99. The highest BCUT2D eigenvalue weighted by Crippen LogP contribution is 2.16. The summed E-state index contributed by atoms with van der Waals surface area (Å²) >= 11 is 5.82. The minimum absolute atomic E-state index is 0.151. The highest BCUT2D eigenvalue weighted by molar-refractivity contribution is 6.30. The Morgan fingerprint density at radius 3 is 2.44 bits per heavy atom. The van der Waals surface area contributed by atoms with E-state index < -0.39 is 0 Å². The molecule has 1 unspecified atom stereocenters. The van der Waals surface area contributed by atoms with Crippen molar-refractivity contribution in [1.29, 1.82) is 0 Å². The number of hydrogen-bond donors (Lipinski definition) is 1. The zero-order valence-electron chi connectivity index (χ0n) is 10.2. The van der Waals surface area contributed by atoms with Crippen LogP contribution in [0.3, 0.4) is 0 Å². The van der Waals surface area contributed by atoms with E-state index in [1.54, 1.807) is 6.07 Å². The van der Waals surface area contributed by atoms with Gasteiger partial charge in [-0.15, -0.1) is 0 Å². The van der Waals surface area contributed by atoms with Gasteiger partial charge in [0.1, 0.15) is 5.82 Å². The summed E-state index contributed by atoms with van der Waals surface area (Å²) in [6.07, 6.45) is 0.648. The average molecular weight is 264 g/mol. The van der Waals surface area contributed by atoms with Crippen molar-refractivity contribution in [2.45, 2.75) is 19.4 Å². The zero-order chi connectivity index (χ0) is 13.0. The molecule has 0 heterocycles. The van der Waals surface area contributed by atoms with Crippen LogP contribution in [0.5, 0.6) is 0 Å². The molecule has 0 radical (unpaired) electrons. The first-order valence-corrected chi connectivity index (χ1v) is 6.28. The molecule has 0 saturated carbocycles. The second-order valence-electron chi connectivity index (χ2n) is 4.35. The molecule has 2 rings (SSSR count). The number of rotatable bonds is 4. The fourth-order valence-electron chi connectivity index (χ4n) is 1.88. The average Bonchev–Trinajstić information content (AvgIpc) is 2.35. The van der Waals surface area contributed by atoms with Crippen LogP contribution in [0.4, 0.5) is 10.1 Å². The van der Waals surface area contributed by atoms with Gasteiger partial charge in [-0.1, -0.05) is 29.8 Å². The molecule has 18 heavy (non-hydrogen) atoms. The Hall–Kier alpha value is -1.54. The first kappa shape index (κ1) is 12.9. The van der Waals surface area contributed by atoms with Crippen LogP contribution in [0.1, 0.15) is 12.5 Å². The molecule has 0 saturated heterocycles. The smallest absolute Gasteiger partial charge is 0.126 e. The molecule has 0 aromatic heterocycles. The van der Waals surface area contributed by atoms with E-state index in [2.05, 4.69) is 5.32 Å². The van der Waals surface area contributed by atoms with E-state index in [1.165, 1.54) is 6.07 Å². The van der Waals surface area contributed by atoms with Gasteiger partial charge in [-0.05, 0) is 49.2 Å². The molecule has 0 fully saturated rings. The molecule has 0 aliphatic carbocycles. The maximum atomic E-state index is 13.5. The second kappa shape index (κ2) is 5.87. The summed E-state index contributed by atoms with van der Waals surface area (Å²) in [5.41, 5.74) is 1.72. The number of anilines is 1. The van der Waals surface area contributed by atoms with Gasteiger partial charge in [0, 0.05) is 16.8 Å². The summed E-state index contributed by atoms with van der Waals surface area (Å²) in [4.78, 5) is 0. The minimum atomic E-state index is -0.151. The maximum Gasteiger partial charge on any atom is 0.126 e. The molecular formula is C15H15ClFN. The van der Waals surface area contributed by atoms with Crippen molar-refractivity contribution >= 4 is 17.3 Å². The normalized spacial score (nSPS) is 12.2. The van der Waals surface area contributed by atoms with Crippen LogP contribution in [-0.4, -0.2) is 6.04 Å². The van der Waals surface area contributed by atoms with Gasteiger partial charge in [-0.2, -0.15) is 0 Å². The van der Waals surface area contributed by atoms with Crippen molar-refractivity contribution in [3.63, 3.8) is 0 Å². The summed E-state index contributed by atoms with van der Waals surface area (Å²) in [5.74, 6) is -0.151. The fraction of sp³-hybridized carbons (Fsp3) is 0.200. The summed E-state index contributed by atoms with van der Waals surface area (Å²) < 4.78 is 13.5. The number of hydrogen-bond acceptors (Lipinski definition) is 1. The van der Waals surface area contributed by atoms with Gasteiger partial charge in [-0.3, -0.25) is 0 Å². The first-order valence-electron chi connectivity index (χ1n) is 5.90. The summed E-state index contributed by atoms with van der Waals surface area (Å²) in [6.45, 7) is 2.03. The third-order valence-electron chi connectivity index (χ3n) is 2.74. The molecule has 3 heteroatoms. The van der Waals surface area contributed by atoms with E-state index in [-0.39, 0.29) is 11.9 Å².